The van der Waals surface area contributed by atoms with Crippen molar-refractivity contribution in [2.75, 3.05) is 4.90 Å². The van der Waals surface area contributed by atoms with Gasteiger partial charge in [0.1, 0.15) is 12.3 Å². The highest BCUT2D eigenvalue weighted by Gasteiger charge is 2.51. The molecule has 1 aliphatic heterocycles. The van der Waals surface area contributed by atoms with Crippen LogP contribution >= 0.6 is 0 Å². The fraction of sp³-hybridized carbons (Fsp3) is 0.407. The first-order chi connectivity index (χ1) is 14.8. The standard InChI is InChI=1S/C27H28N2O/c30-17-26-24(27-20-11-18-10-19(13-20)14-21(27)12-18)15-22(25-8-4-5-9-28-25)16-29(26)23-6-2-1-3-7-23/h1-9,15-21,26-27H,10-14H2. The van der Waals surface area contributed by atoms with E-state index in [2.05, 4.69) is 40.4 Å². The molecule has 4 fully saturated rings. The molecule has 0 N–H and O–H groups in total. The number of carbonyl (C=O) groups excluding carboxylic acids is 1. The Labute approximate surface area is 178 Å². The smallest absolute Gasteiger partial charge is 0.147 e. The lowest BCUT2D eigenvalue weighted by Crippen LogP contribution is -2.49. The number of hydrogen-bond acceptors (Lipinski definition) is 3. The van der Waals surface area contributed by atoms with Gasteiger partial charge >= 0.3 is 0 Å². The molecule has 2 aromatic rings. The molecule has 4 saturated carbocycles. The highest BCUT2D eigenvalue weighted by atomic mass is 16.1. The van der Waals surface area contributed by atoms with Crippen LogP contribution in [-0.2, 0) is 4.79 Å². The van der Waals surface area contributed by atoms with Crippen molar-refractivity contribution in [1.29, 1.82) is 0 Å². The third-order valence-corrected chi connectivity index (χ3v) is 8.00. The average molecular weight is 397 g/mol. The molecule has 1 aromatic heterocycles. The second-order valence-electron chi connectivity index (χ2n) is 9.72. The van der Waals surface area contributed by atoms with Gasteiger partial charge in [-0.15, -0.1) is 0 Å². The quantitative estimate of drug-likeness (QED) is 0.639. The Balaban J connectivity index is 1.46. The molecule has 0 radical (unpaired) electrons. The summed E-state index contributed by atoms with van der Waals surface area (Å²) in [6, 6.07) is 16.2. The molecular formula is C27H28N2O. The normalized spacial score (nSPS) is 34.5. The molecule has 1 atom stereocenters. The van der Waals surface area contributed by atoms with Crippen LogP contribution in [0.5, 0.6) is 0 Å². The van der Waals surface area contributed by atoms with Crippen molar-refractivity contribution in [2.24, 2.45) is 29.6 Å². The summed E-state index contributed by atoms with van der Waals surface area (Å²) in [4.78, 5) is 19.3. The van der Waals surface area contributed by atoms with E-state index in [9.17, 15) is 4.79 Å². The Hall–Kier alpha value is -2.68. The van der Waals surface area contributed by atoms with Gasteiger partial charge in [0.2, 0.25) is 0 Å². The number of nitrogens with zero attached hydrogens (tertiary/aromatic N) is 2. The molecule has 2 heterocycles. The highest BCUT2D eigenvalue weighted by Crippen LogP contribution is 2.59. The Bertz CT molecular complexity index is 966. The highest BCUT2D eigenvalue weighted by molar-refractivity contribution is 5.84. The summed E-state index contributed by atoms with van der Waals surface area (Å²) < 4.78 is 0. The van der Waals surface area contributed by atoms with Gasteiger partial charge in [-0.25, -0.2) is 0 Å². The predicted octanol–water partition coefficient (Wildman–Crippen LogP) is 5.51. The van der Waals surface area contributed by atoms with Crippen molar-refractivity contribution in [2.45, 2.75) is 38.1 Å². The maximum absolute atomic E-state index is 12.5. The minimum Gasteiger partial charge on any atom is -0.333 e. The van der Waals surface area contributed by atoms with Gasteiger partial charge in [0.05, 0.1) is 5.69 Å². The Morgan fingerprint density at radius 2 is 1.57 bits per heavy atom. The SMILES string of the molecule is O=CC1C(C2C3CC4CC(C3)CC2C4)=CC(c2ccccn2)=CN1c1ccccc1. The number of allylic oxidation sites excluding steroid dienone is 2. The summed E-state index contributed by atoms with van der Waals surface area (Å²) in [5.41, 5.74) is 4.48. The largest absolute Gasteiger partial charge is 0.333 e. The topological polar surface area (TPSA) is 33.2 Å². The lowest BCUT2D eigenvalue weighted by Gasteiger charge is -2.56. The van der Waals surface area contributed by atoms with Gasteiger partial charge in [-0.05, 0) is 97.6 Å². The first kappa shape index (κ1) is 18.1. The molecule has 0 saturated heterocycles. The molecule has 1 aromatic carbocycles. The zero-order valence-corrected chi connectivity index (χ0v) is 17.2. The number of hydrogen-bond donors (Lipinski definition) is 0. The van der Waals surface area contributed by atoms with Gasteiger partial charge in [-0.2, -0.15) is 0 Å². The molecule has 1 unspecified atom stereocenters. The molecule has 152 valence electrons. The fourth-order valence-electron chi connectivity index (χ4n) is 7.11. The molecule has 4 bridgehead atoms. The molecule has 30 heavy (non-hydrogen) atoms. The summed E-state index contributed by atoms with van der Waals surface area (Å²) in [6.07, 6.45) is 14.3. The van der Waals surface area contributed by atoms with Crippen molar-refractivity contribution >= 4 is 17.5 Å². The number of pyridine rings is 1. The monoisotopic (exact) mass is 396 g/mol. The number of para-hydroxylation sites is 1. The molecule has 5 aliphatic rings. The molecule has 7 rings (SSSR count). The van der Waals surface area contributed by atoms with Gasteiger partial charge < -0.3 is 9.69 Å². The van der Waals surface area contributed by atoms with Crippen molar-refractivity contribution < 1.29 is 4.79 Å². The summed E-state index contributed by atoms with van der Waals surface area (Å²) in [6.45, 7) is 0. The van der Waals surface area contributed by atoms with E-state index in [1.165, 1.54) is 37.7 Å². The van der Waals surface area contributed by atoms with Crippen LogP contribution in [0.2, 0.25) is 0 Å². The first-order valence-corrected chi connectivity index (χ1v) is 11.4. The fourth-order valence-corrected chi connectivity index (χ4v) is 7.11. The molecule has 3 nitrogen and oxygen atoms in total. The third-order valence-electron chi connectivity index (χ3n) is 8.00. The van der Waals surface area contributed by atoms with E-state index in [-0.39, 0.29) is 6.04 Å². The van der Waals surface area contributed by atoms with E-state index in [1.54, 1.807) is 0 Å². The Morgan fingerprint density at radius 3 is 2.20 bits per heavy atom. The zero-order chi connectivity index (χ0) is 20.1. The van der Waals surface area contributed by atoms with Crippen LogP contribution in [0.3, 0.4) is 0 Å². The van der Waals surface area contributed by atoms with Gasteiger partial charge in [-0.3, -0.25) is 4.98 Å². The summed E-state index contributed by atoms with van der Waals surface area (Å²) in [5, 5.41) is 0. The van der Waals surface area contributed by atoms with Crippen molar-refractivity contribution in [3.8, 4) is 0 Å². The van der Waals surface area contributed by atoms with Crippen LogP contribution in [0.25, 0.3) is 5.57 Å². The third kappa shape index (κ3) is 2.94. The van der Waals surface area contributed by atoms with Crippen LogP contribution in [0, 0.1) is 29.6 Å². The van der Waals surface area contributed by atoms with Crippen LogP contribution in [-0.4, -0.2) is 17.3 Å². The van der Waals surface area contributed by atoms with Crippen molar-refractivity contribution in [1.82, 2.24) is 4.98 Å². The van der Waals surface area contributed by atoms with Crippen molar-refractivity contribution in [3.05, 3.63) is 78.3 Å². The second-order valence-corrected chi connectivity index (χ2v) is 9.72. The van der Waals surface area contributed by atoms with E-state index >= 15 is 0 Å². The minimum atomic E-state index is -0.220. The maximum atomic E-state index is 12.5. The number of benzene rings is 1. The van der Waals surface area contributed by atoms with E-state index in [1.807, 2.05) is 36.5 Å². The van der Waals surface area contributed by atoms with Gasteiger partial charge in [0.15, 0.2) is 0 Å². The predicted molar refractivity (Wildman–Crippen MR) is 120 cm³/mol. The summed E-state index contributed by atoms with van der Waals surface area (Å²) >= 11 is 0. The Kier molecular flexibility index (Phi) is 4.36. The molecule has 3 heteroatoms. The average Bonchev–Trinajstić information content (AvgIpc) is 2.79. The van der Waals surface area contributed by atoms with E-state index in [4.69, 9.17) is 0 Å². The minimum absolute atomic E-state index is 0.220. The van der Waals surface area contributed by atoms with Gasteiger partial charge in [-0.1, -0.05) is 24.3 Å². The van der Waals surface area contributed by atoms with Crippen LogP contribution < -0.4 is 4.90 Å². The maximum Gasteiger partial charge on any atom is 0.147 e. The molecule has 4 aliphatic carbocycles. The van der Waals surface area contributed by atoms with Crippen LogP contribution in [0.15, 0.2) is 72.6 Å². The number of rotatable bonds is 4. The van der Waals surface area contributed by atoms with E-state index < -0.39 is 0 Å². The molecular weight excluding hydrogens is 368 g/mol. The number of aldehydes is 1. The number of anilines is 1. The second kappa shape index (κ2) is 7.23. The van der Waals surface area contributed by atoms with Crippen LogP contribution in [0.1, 0.15) is 37.8 Å². The summed E-state index contributed by atoms with van der Waals surface area (Å²) in [7, 11) is 0. The van der Waals surface area contributed by atoms with E-state index in [0.29, 0.717) is 5.92 Å². The molecule has 0 amide bonds. The van der Waals surface area contributed by atoms with E-state index in [0.717, 1.165) is 46.9 Å². The van der Waals surface area contributed by atoms with Crippen molar-refractivity contribution in [3.63, 3.8) is 0 Å². The Morgan fingerprint density at radius 1 is 0.867 bits per heavy atom. The molecule has 0 spiro atoms. The zero-order valence-electron chi connectivity index (χ0n) is 17.2. The number of carbonyl (C=O) groups is 1. The lowest BCUT2D eigenvalue weighted by molar-refractivity contribution is -0.108. The van der Waals surface area contributed by atoms with Gasteiger partial charge in [0, 0.05) is 23.7 Å². The first-order valence-electron chi connectivity index (χ1n) is 11.4. The number of aromatic nitrogens is 1. The summed E-state index contributed by atoms with van der Waals surface area (Å²) in [5.74, 6) is 3.88. The lowest BCUT2D eigenvalue weighted by atomic mass is 9.50. The van der Waals surface area contributed by atoms with Gasteiger partial charge in [0.25, 0.3) is 0 Å². The van der Waals surface area contributed by atoms with Crippen LogP contribution in [0.4, 0.5) is 5.69 Å².